The predicted octanol–water partition coefficient (Wildman–Crippen LogP) is -1.83. The van der Waals surface area contributed by atoms with Crippen LogP contribution < -0.4 is 38.5 Å². The molecule has 1 aliphatic carbocycles. The maximum Gasteiger partial charge on any atom is 0.244 e. The Morgan fingerprint density at radius 1 is 1.02 bits per heavy atom. The fraction of sp³-hybridized carbons (Fsp3) is 0.600. The predicted molar refractivity (Wildman–Crippen MR) is 164 cm³/mol. The van der Waals surface area contributed by atoms with Crippen molar-refractivity contribution in [2.45, 2.75) is 94.0 Å². The number of ketones is 1. The molecule has 4 amide bonds. The van der Waals surface area contributed by atoms with Crippen LogP contribution in [0.5, 0.6) is 0 Å². The number of benzene rings is 1. The van der Waals surface area contributed by atoms with Crippen molar-refractivity contribution in [3.05, 3.63) is 35.9 Å². The Morgan fingerprint density at radius 3 is 2.34 bits per heavy atom. The molecular weight excluding hydrogens is 566 g/mol. The van der Waals surface area contributed by atoms with E-state index >= 15 is 0 Å². The monoisotopic (exact) mass is 611 g/mol. The second-order valence-electron chi connectivity index (χ2n) is 11.9. The lowest BCUT2D eigenvalue weighted by atomic mass is 9.92. The summed E-state index contributed by atoms with van der Waals surface area (Å²) in [5.74, 6) is -2.14. The van der Waals surface area contributed by atoms with Gasteiger partial charge >= 0.3 is 0 Å². The van der Waals surface area contributed by atoms with Crippen LogP contribution in [0.25, 0.3) is 0 Å². The van der Waals surface area contributed by atoms with Crippen LogP contribution in [-0.4, -0.2) is 95.7 Å². The Labute approximate surface area is 257 Å². The van der Waals surface area contributed by atoms with Crippen molar-refractivity contribution in [1.82, 2.24) is 26.2 Å². The number of hydrogen-bond acceptors (Lipinski definition) is 8. The molecule has 0 spiro atoms. The molecule has 44 heavy (non-hydrogen) atoms. The third kappa shape index (κ3) is 7.91. The van der Waals surface area contributed by atoms with Crippen LogP contribution in [0.4, 0.5) is 0 Å². The highest BCUT2D eigenvalue weighted by atomic mass is 16.2. The molecule has 0 aromatic heterocycles. The van der Waals surface area contributed by atoms with Gasteiger partial charge in [-0.1, -0.05) is 50.1 Å². The van der Waals surface area contributed by atoms with E-state index in [0.29, 0.717) is 45.2 Å². The first kappa shape index (κ1) is 32.9. The van der Waals surface area contributed by atoms with E-state index in [1.165, 1.54) is 0 Å². The number of carbonyl (C=O) groups excluding carboxylic acids is 5. The van der Waals surface area contributed by atoms with Gasteiger partial charge < -0.3 is 38.5 Å². The first-order valence-corrected chi connectivity index (χ1v) is 15.4. The van der Waals surface area contributed by atoms with E-state index < -0.39 is 47.4 Å². The lowest BCUT2D eigenvalue weighted by Gasteiger charge is -2.44. The van der Waals surface area contributed by atoms with E-state index in [-0.39, 0.29) is 36.7 Å². The van der Waals surface area contributed by atoms with E-state index in [2.05, 4.69) is 33.2 Å². The number of nitrogens with one attached hydrogen (secondary N) is 4. The summed E-state index contributed by atoms with van der Waals surface area (Å²) < 4.78 is 0. The lowest BCUT2D eigenvalue weighted by Crippen LogP contribution is -2.71. The Kier molecular flexibility index (Phi) is 10.9. The minimum atomic E-state index is -1.03. The van der Waals surface area contributed by atoms with Gasteiger partial charge in [-0.05, 0) is 37.7 Å². The van der Waals surface area contributed by atoms with Gasteiger partial charge in [-0.15, -0.1) is 0 Å². The molecule has 0 unspecified atom stereocenters. The summed E-state index contributed by atoms with van der Waals surface area (Å²) in [7, 11) is 0. The summed E-state index contributed by atoms with van der Waals surface area (Å²) in [6.07, 6.45) is 4.52. The Bertz CT molecular complexity index is 1250. The van der Waals surface area contributed by atoms with Gasteiger partial charge in [0.15, 0.2) is 11.7 Å². The summed E-state index contributed by atoms with van der Waals surface area (Å²) in [6, 6.07) is 5.29. The van der Waals surface area contributed by atoms with Crippen LogP contribution in [-0.2, 0) is 30.4 Å². The SMILES string of the molecule is CCCC[C@@H]1NC[C@H](C(=O)C2(N3C[C@H](C(=O)N[C@H](Cc4ccccc4)C(N)=O)NC(=O)[C@@H]3CCCN=C(N)N)CC2)NC1=O. The van der Waals surface area contributed by atoms with Crippen molar-refractivity contribution in [3.63, 3.8) is 0 Å². The third-order valence-corrected chi connectivity index (χ3v) is 8.66. The zero-order valence-electron chi connectivity index (χ0n) is 25.2. The van der Waals surface area contributed by atoms with Crippen LogP contribution >= 0.6 is 0 Å². The highest BCUT2D eigenvalue weighted by molar-refractivity contribution is 6.01. The minimum Gasteiger partial charge on any atom is -0.370 e. The van der Waals surface area contributed by atoms with Crippen LogP contribution in [0, 0.1) is 0 Å². The number of nitrogens with zero attached hydrogens (tertiary/aromatic N) is 2. The van der Waals surface area contributed by atoms with Gasteiger partial charge in [-0.2, -0.15) is 0 Å². The number of rotatable bonds is 15. The van der Waals surface area contributed by atoms with Gasteiger partial charge in [-0.25, -0.2) is 0 Å². The normalized spacial score (nSPS) is 25.2. The zero-order chi connectivity index (χ0) is 31.9. The number of nitrogens with two attached hydrogens (primary N) is 3. The summed E-state index contributed by atoms with van der Waals surface area (Å²) in [5.41, 5.74) is 16.3. The van der Waals surface area contributed by atoms with Crippen molar-refractivity contribution in [2.24, 2.45) is 22.2 Å². The molecule has 1 aromatic rings. The summed E-state index contributed by atoms with van der Waals surface area (Å²) in [4.78, 5) is 71.8. The highest BCUT2D eigenvalue weighted by Gasteiger charge is 2.60. The summed E-state index contributed by atoms with van der Waals surface area (Å²) in [6.45, 7) is 2.68. The minimum absolute atomic E-state index is 0.0420. The van der Waals surface area contributed by atoms with Gasteiger partial charge in [-0.3, -0.25) is 33.9 Å². The van der Waals surface area contributed by atoms with Crippen LogP contribution in [0.2, 0.25) is 0 Å². The molecule has 3 aliphatic rings. The van der Waals surface area contributed by atoms with Gasteiger partial charge in [0.1, 0.15) is 18.1 Å². The maximum absolute atomic E-state index is 14.0. The molecule has 1 aromatic carbocycles. The lowest BCUT2D eigenvalue weighted by molar-refractivity contribution is -0.145. The number of aliphatic imine (C=N–C) groups is 1. The molecule has 240 valence electrons. The number of amides is 4. The third-order valence-electron chi connectivity index (χ3n) is 8.66. The van der Waals surface area contributed by atoms with Crippen LogP contribution in [0.15, 0.2) is 35.3 Å². The fourth-order valence-electron chi connectivity index (χ4n) is 6.12. The molecule has 4 rings (SSSR count). The molecule has 3 fully saturated rings. The van der Waals surface area contributed by atoms with Crippen LogP contribution in [0.1, 0.15) is 57.4 Å². The number of hydrogen-bond donors (Lipinski definition) is 7. The smallest absolute Gasteiger partial charge is 0.244 e. The Morgan fingerprint density at radius 2 is 1.73 bits per heavy atom. The average Bonchev–Trinajstić information content (AvgIpc) is 3.80. The number of carbonyl (C=O) groups is 5. The largest absolute Gasteiger partial charge is 0.370 e. The van der Waals surface area contributed by atoms with Crippen LogP contribution in [0.3, 0.4) is 0 Å². The number of unbranched alkanes of at least 4 members (excludes halogenated alkanes) is 1. The van der Waals surface area contributed by atoms with Crippen molar-refractivity contribution in [1.29, 1.82) is 0 Å². The molecule has 5 atom stereocenters. The standard InChI is InChI=1S/C30H45N9O5/c1-2-3-10-19-26(42)37-21(16-35-19)24(40)30(12-13-30)39-17-22(38-28(44)23(39)11-7-14-34-29(32)33)27(43)36-20(25(31)41)15-18-8-5-4-6-9-18/h4-6,8-9,19-23,35H,2-3,7,10-17H2,1H3,(H2,31,41)(H,36,43)(H,37,42)(H,38,44)(H4,32,33,34)/t19-,20+,21+,22+,23-/m0/s1. The second-order valence-corrected chi connectivity index (χ2v) is 11.9. The van der Waals surface area contributed by atoms with E-state index in [9.17, 15) is 24.0 Å². The topological polar surface area (TPSA) is 227 Å². The molecule has 2 aliphatic heterocycles. The fourth-order valence-corrected chi connectivity index (χ4v) is 6.12. The van der Waals surface area contributed by atoms with E-state index in [4.69, 9.17) is 17.2 Å². The summed E-state index contributed by atoms with van der Waals surface area (Å²) >= 11 is 0. The summed E-state index contributed by atoms with van der Waals surface area (Å²) in [5, 5.41) is 11.6. The maximum atomic E-state index is 14.0. The number of primary amides is 1. The zero-order valence-corrected chi connectivity index (χ0v) is 25.2. The number of guanidine groups is 1. The van der Waals surface area contributed by atoms with Gasteiger partial charge in [0.2, 0.25) is 23.6 Å². The molecular formula is C30H45N9O5. The molecule has 2 heterocycles. The average molecular weight is 612 g/mol. The molecule has 1 saturated carbocycles. The first-order valence-electron chi connectivity index (χ1n) is 15.4. The highest BCUT2D eigenvalue weighted by Crippen LogP contribution is 2.46. The number of Topliss-reactive ketones (excluding diaryl/α,β-unsaturated/α-hetero) is 1. The molecule has 10 N–H and O–H groups in total. The van der Waals surface area contributed by atoms with Crippen molar-refractivity contribution >= 4 is 35.4 Å². The van der Waals surface area contributed by atoms with Gasteiger partial charge in [0.05, 0.1) is 17.6 Å². The van der Waals surface area contributed by atoms with Gasteiger partial charge in [0, 0.05) is 26.1 Å². The Hall–Kier alpha value is -4.04. The van der Waals surface area contributed by atoms with E-state index in [1.807, 2.05) is 30.3 Å². The Balaban J connectivity index is 1.51. The van der Waals surface area contributed by atoms with Crippen molar-refractivity contribution in [3.8, 4) is 0 Å². The van der Waals surface area contributed by atoms with Crippen molar-refractivity contribution in [2.75, 3.05) is 19.6 Å². The molecule has 2 saturated heterocycles. The van der Waals surface area contributed by atoms with E-state index in [0.717, 1.165) is 18.4 Å². The molecule has 14 nitrogen and oxygen atoms in total. The quantitative estimate of drug-likeness (QED) is 0.0671. The second kappa shape index (κ2) is 14.6. The molecule has 14 heteroatoms. The molecule has 0 bridgehead atoms. The van der Waals surface area contributed by atoms with Crippen molar-refractivity contribution < 1.29 is 24.0 Å². The van der Waals surface area contributed by atoms with E-state index in [1.54, 1.807) is 4.90 Å². The molecule has 0 radical (unpaired) electrons. The first-order chi connectivity index (χ1) is 21.1. The number of piperazine rings is 2. The van der Waals surface area contributed by atoms with Gasteiger partial charge in [0.25, 0.3) is 0 Å².